The van der Waals surface area contributed by atoms with Gasteiger partial charge in [-0.1, -0.05) is 35.0 Å². The average molecular weight is 281 g/mol. The first-order chi connectivity index (χ1) is 7.68. The van der Waals surface area contributed by atoms with Gasteiger partial charge in [-0.3, -0.25) is 0 Å². The number of hydrogen-bond donors (Lipinski definition) is 2. The van der Waals surface area contributed by atoms with E-state index in [1.165, 1.54) is 21.3 Å². The summed E-state index contributed by atoms with van der Waals surface area (Å²) in [4.78, 5) is 0. The van der Waals surface area contributed by atoms with Crippen LogP contribution in [0.1, 0.15) is 30.4 Å². The van der Waals surface area contributed by atoms with Crippen molar-refractivity contribution in [2.75, 3.05) is 6.67 Å². The lowest BCUT2D eigenvalue weighted by Gasteiger charge is -2.16. The smallest absolute Gasteiger partial charge is 0.0843 e. The van der Waals surface area contributed by atoms with E-state index in [0.29, 0.717) is 5.92 Å². The molecule has 0 bridgehead atoms. The average Bonchev–Trinajstić information content (AvgIpc) is 2.74. The molecule has 16 heavy (non-hydrogen) atoms. The summed E-state index contributed by atoms with van der Waals surface area (Å²) in [6.07, 6.45) is 3.13. The van der Waals surface area contributed by atoms with Crippen LogP contribution in [-0.2, 0) is 0 Å². The zero-order valence-electron chi connectivity index (χ0n) is 9.68. The maximum Gasteiger partial charge on any atom is 0.0843 e. The second-order valence-electron chi connectivity index (χ2n) is 4.29. The van der Waals surface area contributed by atoms with Crippen molar-refractivity contribution < 1.29 is 0 Å². The van der Waals surface area contributed by atoms with Gasteiger partial charge in [-0.2, -0.15) is 0 Å². The lowest BCUT2D eigenvalue weighted by atomic mass is 9.93. The first-order valence-corrected chi connectivity index (χ1v) is 6.39. The molecule has 1 aromatic rings. The van der Waals surface area contributed by atoms with E-state index in [4.69, 9.17) is 0 Å². The van der Waals surface area contributed by atoms with Crippen molar-refractivity contribution in [2.24, 2.45) is 0 Å². The van der Waals surface area contributed by atoms with Gasteiger partial charge < -0.3 is 10.6 Å². The lowest BCUT2D eigenvalue weighted by Crippen LogP contribution is -2.15. The summed E-state index contributed by atoms with van der Waals surface area (Å²) >= 11 is 3.58. The zero-order valence-corrected chi connectivity index (χ0v) is 11.3. The van der Waals surface area contributed by atoms with Gasteiger partial charge >= 0.3 is 0 Å². The molecule has 1 unspecified atom stereocenters. The molecule has 3 heteroatoms. The van der Waals surface area contributed by atoms with Crippen LogP contribution < -0.4 is 10.6 Å². The van der Waals surface area contributed by atoms with E-state index < -0.39 is 0 Å². The highest BCUT2D eigenvalue weighted by molar-refractivity contribution is 9.10. The predicted octanol–water partition coefficient (Wildman–Crippen LogP) is 3.24. The van der Waals surface area contributed by atoms with Gasteiger partial charge in [0.2, 0.25) is 0 Å². The predicted molar refractivity (Wildman–Crippen MR) is 71.1 cm³/mol. The van der Waals surface area contributed by atoms with E-state index in [1.54, 1.807) is 0 Å². The molecule has 0 aliphatic carbocycles. The Labute approximate surface area is 105 Å². The van der Waals surface area contributed by atoms with E-state index in [2.05, 4.69) is 64.8 Å². The molecule has 1 atom stereocenters. The maximum atomic E-state index is 3.58. The molecule has 86 valence electrons. The second kappa shape index (κ2) is 4.91. The van der Waals surface area contributed by atoms with Gasteiger partial charge in [-0.15, -0.1) is 0 Å². The molecule has 1 heterocycles. The molecule has 0 amide bonds. The van der Waals surface area contributed by atoms with Crippen molar-refractivity contribution in [1.82, 2.24) is 10.6 Å². The first-order valence-electron chi connectivity index (χ1n) is 5.60. The number of hydrogen-bond acceptors (Lipinski definition) is 2. The van der Waals surface area contributed by atoms with Crippen LogP contribution >= 0.6 is 15.9 Å². The van der Waals surface area contributed by atoms with E-state index in [-0.39, 0.29) is 0 Å². The van der Waals surface area contributed by atoms with Gasteiger partial charge in [0, 0.05) is 16.4 Å². The lowest BCUT2D eigenvalue weighted by molar-refractivity contribution is 0.695. The van der Waals surface area contributed by atoms with Crippen LogP contribution in [0.25, 0.3) is 0 Å². The monoisotopic (exact) mass is 280 g/mol. The largest absolute Gasteiger partial charge is 0.372 e. The Morgan fingerprint density at radius 2 is 2.25 bits per heavy atom. The van der Waals surface area contributed by atoms with Gasteiger partial charge in [0.25, 0.3) is 0 Å². The highest BCUT2D eigenvalue weighted by Crippen LogP contribution is 2.29. The van der Waals surface area contributed by atoms with E-state index in [0.717, 1.165) is 13.1 Å². The Kier molecular flexibility index (Phi) is 3.54. The normalized spacial score (nSPS) is 16.3. The fourth-order valence-corrected chi connectivity index (χ4v) is 2.50. The van der Waals surface area contributed by atoms with Crippen molar-refractivity contribution >= 4 is 15.9 Å². The molecule has 0 aromatic heterocycles. The Balaban J connectivity index is 2.14. The number of halogens is 1. The number of allylic oxidation sites excluding steroid dienone is 1. The van der Waals surface area contributed by atoms with Crippen molar-refractivity contribution in [3.05, 3.63) is 45.7 Å². The Hall–Kier alpha value is -0.960. The molecule has 1 aliphatic rings. The van der Waals surface area contributed by atoms with Crippen LogP contribution in [0.3, 0.4) is 0 Å². The van der Waals surface area contributed by atoms with Crippen LogP contribution in [0.2, 0.25) is 0 Å². The molecule has 0 saturated carbocycles. The van der Waals surface area contributed by atoms with Gasteiger partial charge in [-0.05, 0) is 36.5 Å². The topological polar surface area (TPSA) is 24.1 Å². The number of benzene rings is 1. The third kappa shape index (κ3) is 2.40. The minimum absolute atomic E-state index is 0.538. The molecule has 0 saturated heterocycles. The molecule has 0 fully saturated rings. The first kappa shape index (κ1) is 11.5. The van der Waals surface area contributed by atoms with Crippen molar-refractivity contribution in [3.8, 4) is 0 Å². The summed E-state index contributed by atoms with van der Waals surface area (Å²) in [5, 5.41) is 6.50. The molecular formula is C13H17BrN2. The number of nitrogens with one attached hydrogen (secondary N) is 2. The molecule has 2 nitrogen and oxygen atoms in total. The molecule has 0 radical (unpaired) electrons. The van der Waals surface area contributed by atoms with Gasteiger partial charge in [0.05, 0.1) is 6.67 Å². The highest BCUT2D eigenvalue weighted by atomic mass is 79.9. The summed E-state index contributed by atoms with van der Waals surface area (Å²) in [5.74, 6) is 0.538. The van der Waals surface area contributed by atoms with Crippen molar-refractivity contribution in [2.45, 2.75) is 26.2 Å². The zero-order chi connectivity index (χ0) is 11.5. The molecule has 2 N–H and O–H groups in total. The van der Waals surface area contributed by atoms with Crippen LogP contribution in [0, 0.1) is 6.92 Å². The van der Waals surface area contributed by atoms with Crippen LogP contribution in [0.5, 0.6) is 0 Å². The SMILES string of the molecule is Cc1c(Br)cccc1C(C)CC1=CNCN1. The van der Waals surface area contributed by atoms with E-state index in [9.17, 15) is 0 Å². The highest BCUT2D eigenvalue weighted by Gasteiger charge is 2.13. The molecule has 1 aliphatic heterocycles. The second-order valence-corrected chi connectivity index (χ2v) is 5.14. The van der Waals surface area contributed by atoms with Gasteiger partial charge in [0.15, 0.2) is 0 Å². The van der Waals surface area contributed by atoms with Crippen molar-refractivity contribution in [1.29, 1.82) is 0 Å². The molecular weight excluding hydrogens is 264 g/mol. The van der Waals surface area contributed by atoms with Crippen molar-refractivity contribution in [3.63, 3.8) is 0 Å². The van der Waals surface area contributed by atoms with Crippen LogP contribution in [0.4, 0.5) is 0 Å². The maximum absolute atomic E-state index is 3.58. The van der Waals surface area contributed by atoms with Crippen LogP contribution in [0.15, 0.2) is 34.6 Å². The van der Waals surface area contributed by atoms with E-state index in [1.807, 2.05) is 0 Å². The van der Waals surface area contributed by atoms with Gasteiger partial charge in [0.1, 0.15) is 0 Å². The summed E-state index contributed by atoms with van der Waals surface area (Å²) in [7, 11) is 0. The third-order valence-electron chi connectivity index (χ3n) is 3.06. The summed E-state index contributed by atoms with van der Waals surface area (Å²) in [6, 6.07) is 6.42. The summed E-state index contributed by atoms with van der Waals surface area (Å²) in [5.41, 5.74) is 4.07. The third-order valence-corrected chi connectivity index (χ3v) is 3.92. The van der Waals surface area contributed by atoms with E-state index >= 15 is 0 Å². The fraction of sp³-hybridized carbons (Fsp3) is 0.385. The molecule has 1 aromatic carbocycles. The standard InChI is InChI=1S/C13H17BrN2/c1-9(6-11-7-15-8-16-11)12-4-3-5-13(14)10(12)2/h3-5,7,9,15-16H,6,8H2,1-2H3. The minimum Gasteiger partial charge on any atom is -0.372 e. The number of rotatable bonds is 3. The Morgan fingerprint density at radius 1 is 1.44 bits per heavy atom. The molecule has 2 rings (SSSR count). The fourth-order valence-electron chi connectivity index (χ4n) is 2.12. The summed E-state index contributed by atoms with van der Waals surface area (Å²) in [6.45, 7) is 5.31. The Bertz CT molecular complexity index is 412. The van der Waals surface area contributed by atoms with Gasteiger partial charge in [-0.25, -0.2) is 0 Å². The Morgan fingerprint density at radius 3 is 2.94 bits per heavy atom. The molecule has 0 spiro atoms. The summed E-state index contributed by atoms with van der Waals surface area (Å²) < 4.78 is 1.20. The van der Waals surface area contributed by atoms with Crippen LogP contribution in [-0.4, -0.2) is 6.67 Å². The minimum atomic E-state index is 0.538. The quantitative estimate of drug-likeness (QED) is 0.888.